The zero-order valence-corrected chi connectivity index (χ0v) is 12.9. The lowest BCUT2D eigenvalue weighted by Gasteiger charge is -2.17. The first kappa shape index (κ1) is 15.7. The molecule has 1 aromatic heterocycles. The van der Waals surface area contributed by atoms with Crippen LogP contribution in [0, 0.1) is 5.41 Å². The number of carbonyl (C=O) groups is 2. The molecule has 22 heavy (non-hydrogen) atoms. The fourth-order valence-corrected chi connectivity index (χ4v) is 1.66. The summed E-state index contributed by atoms with van der Waals surface area (Å²) in [6.07, 6.45) is 3.12. The fourth-order valence-electron chi connectivity index (χ4n) is 1.66. The lowest BCUT2D eigenvalue weighted by Crippen LogP contribution is -2.27. The number of carbonyl (C=O) groups excluding carboxylic acids is 2. The SMILES string of the molecule is CC(C)(C)C(=O)Nc1ccc(NC(=O)c2cccnc2)cc1. The highest BCUT2D eigenvalue weighted by molar-refractivity contribution is 6.04. The van der Waals surface area contributed by atoms with E-state index in [0.717, 1.165) is 0 Å². The number of benzene rings is 1. The maximum Gasteiger partial charge on any atom is 0.257 e. The molecule has 0 unspecified atom stereocenters. The van der Waals surface area contributed by atoms with Crippen molar-refractivity contribution in [3.05, 3.63) is 54.4 Å². The lowest BCUT2D eigenvalue weighted by molar-refractivity contribution is -0.123. The zero-order valence-electron chi connectivity index (χ0n) is 12.9. The summed E-state index contributed by atoms with van der Waals surface area (Å²) in [7, 11) is 0. The Bertz CT molecular complexity index is 659. The van der Waals surface area contributed by atoms with Gasteiger partial charge in [-0.3, -0.25) is 14.6 Å². The summed E-state index contributed by atoms with van der Waals surface area (Å²) in [5.41, 5.74) is 1.39. The van der Waals surface area contributed by atoms with Gasteiger partial charge in [-0.05, 0) is 36.4 Å². The van der Waals surface area contributed by atoms with Crippen LogP contribution >= 0.6 is 0 Å². The predicted octanol–water partition coefficient (Wildman–Crippen LogP) is 3.32. The van der Waals surface area contributed by atoms with Gasteiger partial charge >= 0.3 is 0 Å². The molecule has 0 spiro atoms. The first-order valence-electron chi connectivity index (χ1n) is 6.99. The molecule has 5 nitrogen and oxygen atoms in total. The highest BCUT2D eigenvalue weighted by Gasteiger charge is 2.21. The molecule has 0 radical (unpaired) electrons. The van der Waals surface area contributed by atoms with Gasteiger partial charge in [0.2, 0.25) is 5.91 Å². The van der Waals surface area contributed by atoms with Gasteiger partial charge in [-0.25, -0.2) is 0 Å². The first-order chi connectivity index (χ1) is 10.4. The first-order valence-corrected chi connectivity index (χ1v) is 6.99. The molecule has 0 aliphatic rings. The van der Waals surface area contributed by atoms with E-state index >= 15 is 0 Å². The van der Waals surface area contributed by atoms with E-state index < -0.39 is 5.41 Å². The molecule has 2 rings (SSSR count). The van der Waals surface area contributed by atoms with Crippen LogP contribution in [0.15, 0.2) is 48.8 Å². The topological polar surface area (TPSA) is 71.1 Å². The summed E-state index contributed by atoms with van der Waals surface area (Å²) in [4.78, 5) is 27.8. The lowest BCUT2D eigenvalue weighted by atomic mass is 9.95. The fraction of sp³-hybridized carbons (Fsp3) is 0.235. The van der Waals surface area contributed by atoms with Crippen LogP contribution in [-0.2, 0) is 4.79 Å². The van der Waals surface area contributed by atoms with Crippen LogP contribution in [0.4, 0.5) is 11.4 Å². The molecule has 2 N–H and O–H groups in total. The van der Waals surface area contributed by atoms with Crippen molar-refractivity contribution in [2.45, 2.75) is 20.8 Å². The molecule has 5 heteroatoms. The monoisotopic (exact) mass is 297 g/mol. The third-order valence-electron chi connectivity index (χ3n) is 3.01. The normalized spacial score (nSPS) is 10.9. The van der Waals surface area contributed by atoms with Gasteiger partial charge < -0.3 is 10.6 Å². The summed E-state index contributed by atoms with van der Waals surface area (Å²) >= 11 is 0. The Hall–Kier alpha value is -2.69. The van der Waals surface area contributed by atoms with Crippen LogP contribution in [0.3, 0.4) is 0 Å². The van der Waals surface area contributed by atoms with E-state index in [0.29, 0.717) is 16.9 Å². The Balaban J connectivity index is 2.01. The molecular weight excluding hydrogens is 278 g/mol. The van der Waals surface area contributed by atoms with E-state index in [2.05, 4.69) is 15.6 Å². The number of nitrogens with zero attached hydrogens (tertiary/aromatic N) is 1. The average Bonchev–Trinajstić information content (AvgIpc) is 2.49. The molecule has 0 fully saturated rings. The van der Waals surface area contributed by atoms with Gasteiger partial charge in [-0.2, -0.15) is 0 Å². The van der Waals surface area contributed by atoms with Crippen molar-refractivity contribution < 1.29 is 9.59 Å². The molecule has 1 aromatic carbocycles. The minimum Gasteiger partial charge on any atom is -0.326 e. The number of aromatic nitrogens is 1. The van der Waals surface area contributed by atoms with Crippen LogP contribution in [-0.4, -0.2) is 16.8 Å². The predicted molar refractivity (Wildman–Crippen MR) is 86.7 cm³/mol. The van der Waals surface area contributed by atoms with Gasteiger partial charge in [-0.1, -0.05) is 20.8 Å². The van der Waals surface area contributed by atoms with Crippen molar-refractivity contribution in [1.82, 2.24) is 4.98 Å². The molecular formula is C17H19N3O2. The smallest absolute Gasteiger partial charge is 0.257 e. The van der Waals surface area contributed by atoms with E-state index in [1.165, 1.54) is 6.20 Å². The molecule has 0 aliphatic heterocycles. The maximum atomic E-state index is 12.0. The van der Waals surface area contributed by atoms with Gasteiger partial charge in [0.1, 0.15) is 0 Å². The number of hydrogen-bond acceptors (Lipinski definition) is 3. The standard InChI is InChI=1S/C17H19N3O2/c1-17(2,3)16(22)20-14-8-6-13(7-9-14)19-15(21)12-5-4-10-18-11-12/h4-11H,1-3H3,(H,19,21)(H,20,22). The molecule has 0 aliphatic carbocycles. The molecule has 1 heterocycles. The Morgan fingerprint density at radius 2 is 1.55 bits per heavy atom. The highest BCUT2D eigenvalue weighted by atomic mass is 16.2. The van der Waals surface area contributed by atoms with Crippen LogP contribution in [0.5, 0.6) is 0 Å². The van der Waals surface area contributed by atoms with E-state index in [9.17, 15) is 9.59 Å². The van der Waals surface area contributed by atoms with Crippen molar-refractivity contribution in [3.8, 4) is 0 Å². The Morgan fingerprint density at radius 1 is 0.955 bits per heavy atom. The van der Waals surface area contributed by atoms with Crippen molar-refractivity contribution >= 4 is 23.2 Å². The van der Waals surface area contributed by atoms with Gasteiger partial charge in [0.15, 0.2) is 0 Å². The van der Waals surface area contributed by atoms with Crippen molar-refractivity contribution in [1.29, 1.82) is 0 Å². The van der Waals surface area contributed by atoms with E-state index in [1.54, 1.807) is 42.6 Å². The Morgan fingerprint density at radius 3 is 2.05 bits per heavy atom. The largest absolute Gasteiger partial charge is 0.326 e. The number of rotatable bonds is 3. The summed E-state index contributed by atoms with van der Waals surface area (Å²) < 4.78 is 0. The second kappa shape index (κ2) is 6.39. The molecule has 0 saturated heterocycles. The zero-order chi connectivity index (χ0) is 16.2. The summed E-state index contributed by atoms with van der Waals surface area (Å²) in [5.74, 6) is -0.278. The van der Waals surface area contributed by atoms with E-state index in [-0.39, 0.29) is 11.8 Å². The van der Waals surface area contributed by atoms with Gasteiger partial charge in [0.05, 0.1) is 5.56 Å². The maximum absolute atomic E-state index is 12.0. The van der Waals surface area contributed by atoms with E-state index in [1.807, 2.05) is 20.8 Å². The van der Waals surface area contributed by atoms with Crippen molar-refractivity contribution in [2.24, 2.45) is 5.41 Å². The number of pyridine rings is 1. The van der Waals surface area contributed by atoms with Gasteiger partial charge in [0.25, 0.3) is 5.91 Å². The quantitative estimate of drug-likeness (QED) is 0.913. The van der Waals surface area contributed by atoms with Crippen LogP contribution in [0.2, 0.25) is 0 Å². The Labute approximate surface area is 129 Å². The molecule has 114 valence electrons. The number of anilines is 2. The molecule has 0 bridgehead atoms. The summed E-state index contributed by atoms with van der Waals surface area (Å²) in [5, 5.41) is 5.61. The molecule has 2 amide bonds. The van der Waals surface area contributed by atoms with Gasteiger partial charge in [0, 0.05) is 29.2 Å². The second-order valence-corrected chi connectivity index (χ2v) is 5.98. The molecule has 2 aromatic rings. The van der Waals surface area contributed by atoms with Crippen molar-refractivity contribution in [2.75, 3.05) is 10.6 Å². The van der Waals surface area contributed by atoms with Crippen molar-refractivity contribution in [3.63, 3.8) is 0 Å². The van der Waals surface area contributed by atoms with Gasteiger partial charge in [-0.15, -0.1) is 0 Å². The minimum atomic E-state index is -0.451. The van der Waals surface area contributed by atoms with Crippen LogP contribution in [0.25, 0.3) is 0 Å². The van der Waals surface area contributed by atoms with Crippen LogP contribution < -0.4 is 10.6 Å². The van der Waals surface area contributed by atoms with Crippen LogP contribution in [0.1, 0.15) is 31.1 Å². The van der Waals surface area contributed by atoms with E-state index in [4.69, 9.17) is 0 Å². The third kappa shape index (κ3) is 4.15. The average molecular weight is 297 g/mol. The molecule has 0 saturated carbocycles. The highest BCUT2D eigenvalue weighted by Crippen LogP contribution is 2.19. The second-order valence-electron chi connectivity index (χ2n) is 5.98. The molecule has 0 atom stereocenters. The number of amides is 2. The number of hydrogen-bond donors (Lipinski definition) is 2. The minimum absolute atomic E-state index is 0.0559. The third-order valence-corrected chi connectivity index (χ3v) is 3.01. The summed E-state index contributed by atoms with van der Waals surface area (Å²) in [6, 6.07) is 10.4. The summed E-state index contributed by atoms with van der Waals surface area (Å²) in [6.45, 7) is 5.56. The Kier molecular flexibility index (Phi) is 4.56. The number of nitrogens with one attached hydrogen (secondary N) is 2.